The van der Waals surface area contributed by atoms with E-state index in [9.17, 15) is 13.6 Å². The lowest BCUT2D eigenvalue weighted by Crippen LogP contribution is -2.47. The highest BCUT2D eigenvalue weighted by Gasteiger charge is 2.28. The van der Waals surface area contributed by atoms with Crippen LogP contribution in [0.1, 0.15) is 23.6 Å². The first-order chi connectivity index (χ1) is 14.4. The van der Waals surface area contributed by atoms with Crippen LogP contribution in [0.25, 0.3) is 11.3 Å². The average Bonchev–Trinajstić information content (AvgIpc) is 2.72. The molecule has 0 saturated carbocycles. The molecule has 4 rings (SSSR count). The molecule has 0 spiro atoms. The fraction of sp³-hybridized carbons (Fsp3) is 0.0870. The maximum Gasteiger partial charge on any atom is 0.271 e. The first-order valence-electron chi connectivity index (χ1n) is 9.17. The van der Waals surface area contributed by atoms with Gasteiger partial charge in [-0.1, -0.05) is 18.2 Å². The Bertz CT molecular complexity index is 1190. The second-order valence-corrected chi connectivity index (χ2v) is 6.84. The molecular weight excluding hydrogens is 386 g/mol. The van der Waals surface area contributed by atoms with Gasteiger partial charge in [-0.15, -0.1) is 0 Å². The molecule has 2 aromatic carbocycles. The first kappa shape index (κ1) is 19.3. The van der Waals surface area contributed by atoms with E-state index in [0.717, 1.165) is 11.6 Å². The molecule has 148 valence electrons. The van der Waals surface area contributed by atoms with E-state index in [-0.39, 0.29) is 11.5 Å². The van der Waals surface area contributed by atoms with Crippen LogP contribution in [0.2, 0.25) is 0 Å². The second-order valence-electron chi connectivity index (χ2n) is 6.84. The Balaban J connectivity index is 1.76. The lowest BCUT2D eigenvalue weighted by molar-refractivity contribution is -0.128. The van der Waals surface area contributed by atoms with Crippen molar-refractivity contribution in [1.29, 1.82) is 5.26 Å². The van der Waals surface area contributed by atoms with Gasteiger partial charge in [0.05, 0.1) is 17.3 Å². The number of halogens is 2. The van der Waals surface area contributed by atoms with Crippen molar-refractivity contribution in [2.75, 3.05) is 0 Å². The number of allylic oxidation sites excluding steroid dienone is 3. The first-order valence-corrected chi connectivity index (χ1v) is 9.17. The summed E-state index contributed by atoms with van der Waals surface area (Å²) in [5.41, 5.74) is 3.04. The molecule has 5 nitrogen and oxygen atoms in total. The summed E-state index contributed by atoms with van der Waals surface area (Å²) in [5, 5.41) is 17.8. The zero-order valence-electron chi connectivity index (χ0n) is 15.9. The van der Waals surface area contributed by atoms with Gasteiger partial charge in [0.25, 0.3) is 5.91 Å². The van der Waals surface area contributed by atoms with Gasteiger partial charge in [0.1, 0.15) is 17.8 Å². The third kappa shape index (κ3) is 3.76. The number of fused-ring (bicyclic) bond motifs is 1. The maximum atomic E-state index is 14.4. The van der Waals surface area contributed by atoms with E-state index in [0.29, 0.717) is 22.5 Å². The van der Waals surface area contributed by atoms with Gasteiger partial charge in [-0.2, -0.15) is 10.4 Å². The van der Waals surface area contributed by atoms with Gasteiger partial charge in [0, 0.05) is 23.4 Å². The number of hydrogen-bond donors (Lipinski definition) is 1. The van der Waals surface area contributed by atoms with E-state index in [1.54, 1.807) is 49.4 Å². The molecule has 7 heteroatoms. The van der Waals surface area contributed by atoms with Crippen LogP contribution in [0.5, 0.6) is 0 Å². The zero-order valence-corrected chi connectivity index (χ0v) is 15.9. The van der Waals surface area contributed by atoms with E-state index in [1.807, 2.05) is 0 Å². The maximum absolute atomic E-state index is 14.4. The van der Waals surface area contributed by atoms with E-state index >= 15 is 0 Å². The molecule has 1 unspecified atom stereocenters. The molecule has 0 fully saturated rings. The Morgan fingerprint density at radius 3 is 2.60 bits per heavy atom. The number of carbonyl (C=O) groups is 1. The van der Waals surface area contributed by atoms with Crippen molar-refractivity contribution >= 4 is 22.9 Å². The summed E-state index contributed by atoms with van der Waals surface area (Å²) >= 11 is 0. The van der Waals surface area contributed by atoms with Gasteiger partial charge in [0.15, 0.2) is 0 Å². The summed E-state index contributed by atoms with van der Waals surface area (Å²) in [6.07, 6.45) is 5.74. The standard InChI is InChI=1S/C23H16F2N4O/c1-14-2-5-17(19-9-8-18(24)11-20(19)25)10-22-27-21(12-23(30)29(22)28-14)16-6-3-15(13-26)4-7-16/h2-12,22,27H,1H3/b5-2?,17-10-,28-14?. The van der Waals surface area contributed by atoms with Crippen molar-refractivity contribution < 1.29 is 13.6 Å². The normalized spacial score (nSPS) is 19.9. The summed E-state index contributed by atoms with van der Waals surface area (Å²) in [6.45, 7) is 1.73. The number of benzene rings is 2. The summed E-state index contributed by atoms with van der Waals surface area (Å²) in [7, 11) is 0. The SMILES string of the molecule is CC1=NN2C(=O)C=C(c3ccc(C#N)cc3)NC2/C=C(\c2ccc(F)cc2F)C=C1. The molecule has 30 heavy (non-hydrogen) atoms. The van der Waals surface area contributed by atoms with Crippen LogP contribution < -0.4 is 5.32 Å². The third-order valence-electron chi connectivity index (χ3n) is 4.73. The van der Waals surface area contributed by atoms with Crippen LogP contribution in [0.3, 0.4) is 0 Å². The van der Waals surface area contributed by atoms with Crippen molar-refractivity contribution in [1.82, 2.24) is 10.3 Å². The fourth-order valence-corrected chi connectivity index (χ4v) is 3.25. The number of rotatable bonds is 2. The number of nitrogens with zero attached hydrogens (tertiary/aromatic N) is 3. The summed E-state index contributed by atoms with van der Waals surface area (Å²) < 4.78 is 27.7. The monoisotopic (exact) mass is 402 g/mol. The number of hydrazone groups is 1. The van der Waals surface area contributed by atoms with Crippen molar-refractivity contribution in [3.05, 3.63) is 95.1 Å². The van der Waals surface area contributed by atoms with E-state index in [1.165, 1.54) is 23.2 Å². The van der Waals surface area contributed by atoms with Crippen molar-refractivity contribution in [2.24, 2.45) is 5.10 Å². The minimum atomic E-state index is -0.697. The Morgan fingerprint density at radius 1 is 1.13 bits per heavy atom. The molecule has 0 radical (unpaired) electrons. The van der Waals surface area contributed by atoms with Gasteiger partial charge >= 0.3 is 0 Å². The molecule has 0 saturated heterocycles. The fourth-order valence-electron chi connectivity index (χ4n) is 3.25. The summed E-state index contributed by atoms with van der Waals surface area (Å²) in [6, 6.07) is 12.2. The second kappa shape index (κ2) is 7.76. The molecule has 2 aliphatic heterocycles. The highest BCUT2D eigenvalue weighted by molar-refractivity contribution is 6.01. The third-order valence-corrected chi connectivity index (χ3v) is 4.73. The molecule has 0 aliphatic carbocycles. The molecule has 1 N–H and O–H groups in total. The van der Waals surface area contributed by atoms with Gasteiger partial charge in [-0.3, -0.25) is 4.79 Å². The van der Waals surface area contributed by atoms with Crippen LogP contribution in [0, 0.1) is 23.0 Å². The Hall–Kier alpha value is -4.05. The van der Waals surface area contributed by atoms with Crippen molar-refractivity contribution in [3.8, 4) is 6.07 Å². The minimum absolute atomic E-state index is 0.214. The number of nitriles is 1. The molecule has 0 bridgehead atoms. The number of nitrogens with one attached hydrogen (secondary N) is 1. The predicted octanol–water partition coefficient (Wildman–Crippen LogP) is 3.96. The molecule has 0 aromatic heterocycles. The van der Waals surface area contributed by atoms with Gasteiger partial charge in [-0.05, 0) is 54.5 Å². The van der Waals surface area contributed by atoms with Crippen LogP contribution >= 0.6 is 0 Å². The summed E-state index contributed by atoms with van der Waals surface area (Å²) in [4.78, 5) is 12.8. The number of carbonyl (C=O) groups excluding carboxylic acids is 1. The predicted molar refractivity (Wildman–Crippen MR) is 109 cm³/mol. The van der Waals surface area contributed by atoms with E-state index < -0.39 is 17.8 Å². The van der Waals surface area contributed by atoms with Gasteiger partial charge in [0.2, 0.25) is 0 Å². The Kier molecular flexibility index (Phi) is 4.98. The van der Waals surface area contributed by atoms with Gasteiger partial charge < -0.3 is 5.32 Å². The minimum Gasteiger partial charge on any atom is -0.360 e. The highest BCUT2D eigenvalue weighted by Crippen LogP contribution is 2.26. The van der Waals surface area contributed by atoms with Crippen molar-refractivity contribution in [3.63, 3.8) is 0 Å². The van der Waals surface area contributed by atoms with E-state index in [2.05, 4.69) is 16.5 Å². The zero-order chi connectivity index (χ0) is 21.3. The molecule has 2 heterocycles. The molecular formula is C23H16F2N4O. The lowest BCUT2D eigenvalue weighted by atomic mass is 10.0. The largest absolute Gasteiger partial charge is 0.360 e. The smallest absolute Gasteiger partial charge is 0.271 e. The Labute approximate surface area is 171 Å². The lowest BCUT2D eigenvalue weighted by Gasteiger charge is -2.32. The molecule has 2 aromatic rings. The number of amides is 1. The quantitative estimate of drug-likeness (QED) is 0.827. The Morgan fingerprint density at radius 2 is 1.90 bits per heavy atom. The topological polar surface area (TPSA) is 68.5 Å². The van der Waals surface area contributed by atoms with Crippen LogP contribution in [0.15, 0.2) is 71.9 Å². The average molecular weight is 402 g/mol. The van der Waals surface area contributed by atoms with Crippen LogP contribution in [0.4, 0.5) is 8.78 Å². The van der Waals surface area contributed by atoms with Gasteiger partial charge in [-0.25, -0.2) is 13.8 Å². The van der Waals surface area contributed by atoms with Crippen LogP contribution in [-0.4, -0.2) is 22.8 Å². The highest BCUT2D eigenvalue weighted by atomic mass is 19.1. The van der Waals surface area contributed by atoms with Crippen LogP contribution in [-0.2, 0) is 4.79 Å². The van der Waals surface area contributed by atoms with E-state index in [4.69, 9.17) is 5.26 Å². The number of hydrogen-bond acceptors (Lipinski definition) is 4. The summed E-state index contributed by atoms with van der Waals surface area (Å²) in [5.74, 6) is -1.71. The molecule has 1 atom stereocenters. The van der Waals surface area contributed by atoms with Crippen molar-refractivity contribution in [2.45, 2.75) is 13.1 Å². The molecule has 1 amide bonds. The molecule has 2 aliphatic rings.